The average Bonchev–Trinajstić information content (AvgIpc) is 2.76. The van der Waals surface area contributed by atoms with Crippen LogP contribution in [0.5, 0.6) is 11.5 Å². The molecule has 1 aliphatic carbocycles. The van der Waals surface area contributed by atoms with Crippen molar-refractivity contribution in [1.82, 2.24) is 0 Å². The van der Waals surface area contributed by atoms with Gasteiger partial charge in [-0.15, -0.1) is 0 Å². The lowest BCUT2D eigenvalue weighted by atomic mass is 9.60. The molecule has 0 spiro atoms. The highest BCUT2D eigenvalue weighted by Crippen LogP contribution is 2.51. The van der Waals surface area contributed by atoms with E-state index in [-0.39, 0.29) is 5.41 Å². The van der Waals surface area contributed by atoms with E-state index in [4.69, 9.17) is 0 Å². The van der Waals surface area contributed by atoms with Gasteiger partial charge in [0.25, 0.3) is 0 Å². The van der Waals surface area contributed by atoms with Crippen molar-refractivity contribution in [1.29, 1.82) is 0 Å². The van der Waals surface area contributed by atoms with Gasteiger partial charge < -0.3 is 10.2 Å². The number of phenols is 2. The SMILES string of the molecule is Oc1ccc(C2(c3ccc(O)c(-c4ccccc4)c3)CCC2)cc1-c1ccccc1. The number of hydrogen-bond acceptors (Lipinski definition) is 2. The van der Waals surface area contributed by atoms with Gasteiger partial charge in [-0.05, 0) is 59.4 Å². The second-order valence-electron chi connectivity index (χ2n) is 8.13. The highest BCUT2D eigenvalue weighted by Gasteiger charge is 2.41. The van der Waals surface area contributed by atoms with E-state index >= 15 is 0 Å². The van der Waals surface area contributed by atoms with Crippen molar-refractivity contribution in [3.63, 3.8) is 0 Å². The average molecular weight is 392 g/mol. The Bertz CT molecular complexity index is 1080. The van der Waals surface area contributed by atoms with Crippen LogP contribution in [-0.4, -0.2) is 10.2 Å². The monoisotopic (exact) mass is 392 g/mol. The van der Waals surface area contributed by atoms with E-state index in [2.05, 4.69) is 24.3 Å². The molecule has 2 nitrogen and oxygen atoms in total. The van der Waals surface area contributed by atoms with Gasteiger partial charge in [-0.3, -0.25) is 0 Å². The first-order chi connectivity index (χ1) is 14.7. The van der Waals surface area contributed by atoms with E-state index < -0.39 is 0 Å². The third-order valence-corrected chi connectivity index (χ3v) is 6.47. The van der Waals surface area contributed by atoms with Crippen molar-refractivity contribution in [2.45, 2.75) is 24.7 Å². The number of aromatic hydroxyl groups is 2. The Balaban J connectivity index is 1.62. The normalized spacial score (nSPS) is 14.8. The summed E-state index contributed by atoms with van der Waals surface area (Å²) < 4.78 is 0. The van der Waals surface area contributed by atoms with E-state index in [0.29, 0.717) is 11.5 Å². The molecule has 0 aliphatic heterocycles. The van der Waals surface area contributed by atoms with Crippen molar-refractivity contribution >= 4 is 0 Å². The summed E-state index contributed by atoms with van der Waals surface area (Å²) in [6, 6.07) is 32.1. The Kier molecular flexibility index (Phi) is 4.55. The maximum atomic E-state index is 10.5. The van der Waals surface area contributed by atoms with Crippen LogP contribution in [0.25, 0.3) is 22.3 Å². The molecule has 0 aromatic heterocycles. The fourth-order valence-corrected chi connectivity index (χ4v) is 4.64. The van der Waals surface area contributed by atoms with Gasteiger partial charge >= 0.3 is 0 Å². The quantitative estimate of drug-likeness (QED) is 0.396. The van der Waals surface area contributed by atoms with Crippen molar-refractivity contribution < 1.29 is 10.2 Å². The molecule has 0 amide bonds. The fourth-order valence-electron chi connectivity index (χ4n) is 4.64. The fraction of sp³-hybridized carbons (Fsp3) is 0.143. The molecule has 1 fully saturated rings. The Labute approximate surface area is 177 Å². The number of hydrogen-bond donors (Lipinski definition) is 2. The van der Waals surface area contributed by atoms with Gasteiger partial charge in [0.2, 0.25) is 0 Å². The first-order valence-electron chi connectivity index (χ1n) is 10.5. The van der Waals surface area contributed by atoms with Crippen LogP contribution in [0, 0.1) is 0 Å². The summed E-state index contributed by atoms with van der Waals surface area (Å²) in [5.41, 5.74) is 6.10. The van der Waals surface area contributed by atoms with Gasteiger partial charge in [0.15, 0.2) is 0 Å². The predicted molar refractivity (Wildman–Crippen MR) is 122 cm³/mol. The molecule has 0 radical (unpaired) electrons. The lowest BCUT2D eigenvalue weighted by Gasteiger charge is -2.43. The predicted octanol–water partition coefficient (Wildman–Crippen LogP) is 6.90. The van der Waals surface area contributed by atoms with Crippen LogP contribution in [0.15, 0.2) is 97.1 Å². The first-order valence-corrected chi connectivity index (χ1v) is 10.5. The molecule has 4 aromatic rings. The van der Waals surface area contributed by atoms with Crippen LogP contribution < -0.4 is 0 Å². The van der Waals surface area contributed by atoms with E-state index in [1.807, 2.05) is 72.8 Å². The minimum absolute atomic E-state index is 0.0888. The summed E-state index contributed by atoms with van der Waals surface area (Å²) in [6.45, 7) is 0. The van der Waals surface area contributed by atoms with Crippen LogP contribution in [0.3, 0.4) is 0 Å². The van der Waals surface area contributed by atoms with Gasteiger partial charge in [0.1, 0.15) is 11.5 Å². The smallest absolute Gasteiger partial charge is 0.123 e. The van der Waals surface area contributed by atoms with E-state index in [9.17, 15) is 10.2 Å². The Morgan fingerprint density at radius 2 is 0.967 bits per heavy atom. The summed E-state index contributed by atoms with van der Waals surface area (Å²) >= 11 is 0. The summed E-state index contributed by atoms with van der Waals surface area (Å²) in [7, 11) is 0. The van der Waals surface area contributed by atoms with Crippen molar-refractivity contribution in [3.8, 4) is 33.8 Å². The third-order valence-electron chi connectivity index (χ3n) is 6.47. The van der Waals surface area contributed by atoms with Gasteiger partial charge in [0.05, 0.1) is 0 Å². The van der Waals surface area contributed by atoms with Crippen molar-refractivity contribution in [2.24, 2.45) is 0 Å². The zero-order chi connectivity index (χ0) is 20.6. The highest BCUT2D eigenvalue weighted by molar-refractivity contribution is 5.73. The molecule has 0 unspecified atom stereocenters. The standard InChI is InChI=1S/C28H24O2/c29-26-14-12-22(18-24(26)20-8-3-1-4-9-20)28(16-7-17-28)23-13-15-27(30)25(19-23)21-10-5-2-6-11-21/h1-6,8-15,18-19,29-30H,7,16-17H2. The molecule has 0 heterocycles. The molecule has 0 bridgehead atoms. The minimum atomic E-state index is -0.0888. The van der Waals surface area contributed by atoms with Gasteiger partial charge in [-0.1, -0.05) is 79.2 Å². The van der Waals surface area contributed by atoms with Crippen molar-refractivity contribution in [3.05, 3.63) is 108 Å². The Hall–Kier alpha value is -3.52. The summed E-state index contributed by atoms with van der Waals surface area (Å²) in [6.07, 6.45) is 3.29. The summed E-state index contributed by atoms with van der Waals surface area (Å²) in [4.78, 5) is 0. The maximum absolute atomic E-state index is 10.5. The Morgan fingerprint density at radius 1 is 0.533 bits per heavy atom. The molecule has 0 saturated heterocycles. The molecule has 0 atom stereocenters. The van der Waals surface area contributed by atoms with Gasteiger partial charge in [-0.25, -0.2) is 0 Å². The molecule has 5 rings (SSSR count). The number of phenolic OH excluding ortho intramolecular Hbond substituents is 2. The molecular formula is C28H24O2. The molecule has 30 heavy (non-hydrogen) atoms. The zero-order valence-corrected chi connectivity index (χ0v) is 16.8. The second-order valence-corrected chi connectivity index (χ2v) is 8.13. The number of rotatable bonds is 4. The van der Waals surface area contributed by atoms with E-state index in [1.54, 1.807) is 0 Å². The number of benzene rings is 4. The zero-order valence-electron chi connectivity index (χ0n) is 16.8. The van der Waals surface area contributed by atoms with Gasteiger partial charge in [-0.2, -0.15) is 0 Å². The van der Waals surface area contributed by atoms with Gasteiger partial charge in [0, 0.05) is 16.5 Å². The van der Waals surface area contributed by atoms with Crippen LogP contribution in [0.2, 0.25) is 0 Å². The van der Waals surface area contributed by atoms with E-state index in [0.717, 1.165) is 35.1 Å². The summed E-state index contributed by atoms with van der Waals surface area (Å²) in [5, 5.41) is 21.0. The second kappa shape index (κ2) is 7.38. The summed E-state index contributed by atoms with van der Waals surface area (Å²) in [5.74, 6) is 0.602. The lowest BCUT2D eigenvalue weighted by Crippen LogP contribution is -2.35. The molecule has 1 aliphatic rings. The first kappa shape index (κ1) is 18.5. The highest BCUT2D eigenvalue weighted by atomic mass is 16.3. The van der Waals surface area contributed by atoms with Crippen LogP contribution in [0.4, 0.5) is 0 Å². The largest absolute Gasteiger partial charge is 0.507 e. The van der Waals surface area contributed by atoms with Crippen LogP contribution in [-0.2, 0) is 5.41 Å². The van der Waals surface area contributed by atoms with Crippen molar-refractivity contribution in [2.75, 3.05) is 0 Å². The molecule has 2 N–H and O–H groups in total. The Morgan fingerprint density at radius 3 is 1.33 bits per heavy atom. The minimum Gasteiger partial charge on any atom is -0.507 e. The molecule has 4 aromatic carbocycles. The molecule has 2 heteroatoms. The third kappa shape index (κ3) is 3.05. The maximum Gasteiger partial charge on any atom is 0.123 e. The van der Waals surface area contributed by atoms with E-state index in [1.165, 1.54) is 17.5 Å². The lowest BCUT2D eigenvalue weighted by molar-refractivity contribution is 0.301. The van der Waals surface area contributed by atoms with Crippen LogP contribution in [0.1, 0.15) is 30.4 Å². The molecular weight excluding hydrogens is 368 g/mol. The topological polar surface area (TPSA) is 40.5 Å². The molecule has 148 valence electrons. The van der Waals surface area contributed by atoms with Crippen LogP contribution >= 0.6 is 0 Å². The molecule has 1 saturated carbocycles.